The maximum Gasteiger partial charge on any atom is 0.326 e. The molecule has 1 N–H and O–H groups in total. The van der Waals surface area contributed by atoms with Crippen molar-refractivity contribution in [3.8, 4) is 0 Å². The van der Waals surface area contributed by atoms with Crippen LogP contribution in [-0.2, 0) is 11.3 Å². The minimum Gasteiger partial charge on any atom is -0.480 e. The second-order valence-electron chi connectivity index (χ2n) is 4.68. The first-order valence-corrected chi connectivity index (χ1v) is 6.23. The van der Waals surface area contributed by atoms with E-state index in [-0.39, 0.29) is 6.03 Å². The molecule has 2 amide bonds. The number of aliphatic carboxylic acids is 1. The van der Waals surface area contributed by atoms with E-state index in [9.17, 15) is 9.59 Å². The summed E-state index contributed by atoms with van der Waals surface area (Å²) in [7, 11) is 1.68. The zero-order valence-electron chi connectivity index (χ0n) is 10.8. The molecule has 1 saturated heterocycles. The zero-order chi connectivity index (χ0) is 13.8. The fraction of sp³-hybridized carbons (Fsp3) is 0.462. The van der Waals surface area contributed by atoms with Gasteiger partial charge in [-0.2, -0.15) is 0 Å². The summed E-state index contributed by atoms with van der Waals surface area (Å²) in [6, 6.07) is 2.75. The smallest absolute Gasteiger partial charge is 0.326 e. The number of urea groups is 1. The third kappa shape index (κ3) is 3.01. The normalized spacial score (nSPS) is 18.4. The van der Waals surface area contributed by atoms with Crippen LogP contribution in [0.2, 0.25) is 0 Å². The van der Waals surface area contributed by atoms with Crippen molar-refractivity contribution < 1.29 is 14.7 Å². The molecule has 1 fully saturated rings. The average Bonchev–Trinajstić information content (AvgIpc) is 2.88. The molecule has 0 aromatic carbocycles. The molecule has 1 aromatic rings. The summed E-state index contributed by atoms with van der Waals surface area (Å²) in [5.74, 6) is -0.928. The van der Waals surface area contributed by atoms with Gasteiger partial charge >= 0.3 is 12.0 Å². The van der Waals surface area contributed by atoms with Crippen LogP contribution in [0.5, 0.6) is 0 Å². The van der Waals surface area contributed by atoms with Crippen LogP contribution in [0, 0.1) is 0 Å². The lowest BCUT2D eigenvalue weighted by atomic mass is 10.2. The van der Waals surface area contributed by atoms with E-state index >= 15 is 0 Å². The highest BCUT2D eigenvalue weighted by Crippen LogP contribution is 2.19. The van der Waals surface area contributed by atoms with Gasteiger partial charge in [-0.1, -0.05) is 0 Å². The van der Waals surface area contributed by atoms with Gasteiger partial charge in [0.25, 0.3) is 0 Å². The van der Waals surface area contributed by atoms with Crippen LogP contribution in [-0.4, -0.2) is 51.5 Å². The van der Waals surface area contributed by atoms with Gasteiger partial charge in [-0.05, 0) is 30.5 Å². The standard InChI is InChI=1S/C13H17N3O3/c1-15(9-10-4-6-14-7-5-10)13(19)16-8-2-3-11(16)12(17)18/h4-7,11H,2-3,8-9H2,1H3,(H,17,18)/t11-/m1/s1. The van der Waals surface area contributed by atoms with Gasteiger partial charge in [0.15, 0.2) is 0 Å². The van der Waals surface area contributed by atoms with Crippen molar-refractivity contribution in [3.63, 3.8) is 0 Å². The maximum absolute atomic E-state index is 12.2. The minimum absolute atomic E-state index is 0.235. The van der Waals surface area contributed by atoms with Crippen LogP contribution in [0.15, 0.2) is 24.5 Å². The van der Waals surface area contributed by atoms with Crippen LogP contribution in [0.3, 0.4) is 0 Å². The van der Waals surface area contributed by atoms with Crippen molar-refractivity contribution in [2.45, 2.75) is 25.4 Å². The molecule has 0 radical (unpaired) electrons. The predicted octanol–water partition coefficient (Wildman–Crippen LogP) is 1.18. The number of rotatable bonds is 3. The molecule has 0 saturated carbocycles. The molecule has 1 aliphatic heterocycles. The Kier molecular flexibility index (Phi) is 3.99. The molecule has 0 unspecified atom stereocenters. The minimum atomic E-state index is -0.928. The second-order valence-corrected chi connectivity index (χ2v) is 4.68. The molecule has 1 aromatic heterocycles. The van der Waals surface area contributed by atoms with E-state index in [1.165, 1.54) is 9.80 Å². The Morgan fingerprint density at radius 1 is 1.47 bits per heavy atom. The molecule has 0 aliphatic carbocycles. The highest BCUT2D eigenvalue weighted by Gasteiger charge is 2.35. The van der Waals surface area contributed by atoms with Crippen molar-refractivity contribution in [1.29, 1.82) is 0 Å². The number of amides is 2. The Balaban J connectivity index is 2.01. The molecule has 2 rings (SSSR count). The monoisotopic (exact) mass is 263 g/mol. The van der Waals surface area contributed by atoms with Gasteiger partial charge < -0.3 is 14.9 Å². The topological polar surface area (TPSA) is 73.7 Å². The second kappa shape index (κ2) is 5.69. The number of hydrogen-bond donors (Lipinski definition) is 1. The summed E-state index contributed by atoms with van der Waals surface area (Å²) < 4.78 is 0. The molecular formula is C13H17N3O3. The van der Waals surface area contributed by atoms with E-state index in [4.69, 9.17) is 5.11 Å². The number of pyridine rings is 1. The van der Waals surface area contributed by atoms with Gasteiger partial charge in [0.2, 0.25) is 0 Å². The van der Waals surface area contributed by atoms with Crippen molar-refractivity contribution in [3.05, 3.63) is 30.1 Å². The molecule has 102 valence electrons. The van der Waals surface area contributed by atoms with Crippen molar-refractivity contribution in [1.82, 2.24) is 14.8 Å². The number of likely N-dealkylation sites (tertiary alicyclic amines) is 1. The molecule has 1 atom stereocenters. The van der Waals surface area contributed by atoms with Crippen molar-refractivity contribution >= 4 is 12.0 Å². The predicted molar refractivity (Wildman–Crippen MR) is 68.5 cm³/mol. The number of carboxylic acid groups (broad SMARTS) is 1. The molecule has 19 heavy (non-hydrogen) atoms. The number of aromatic nitrogens is 1. The molecule has 2 heterocycles. The van der Waals surface area contributed by atoms with E-state index < -0.39 is 12.0 Å². The SMILES string of the molecule is CN(Cc1ccncc1)C(=O)N1CCC[C@@H]1C(=O)O. The number of carbonyl (C=O) groups is 2. The van der Waals surface area contributed by atoms with Gasteiger partial charge in [0.1, 0.15) is 6.04 Å². The van der Waals surface area contributed by atoms with Crippen LogP contribution < -0.4 is 0 Å². The number of nitrogens with zero attached hydrogens (tertiary/aromatic N) is 3. The molecular weight excluding hydrogens is 246 g/mol. The molecule has 0 spiro atoms. The molecule has 1 aliphatic rings. The number of carbonyl (C=O) groups excluding carboxylic acids is 1. The Morgan fingerprint density at radius 2 is 2.16 bits per heavy atom. The highest BCUT2D eigenvalue weighted by atomic mass is 16.4. The molecule has 6 heteroatoms. The fourth-order valence-corrected chi connectivity index (χ4v) is 2.30. The van der Waals surface area contributed by atoms with Crippen LogP contribution >= 0.6 is 0 Å². The lowest BCUT2D eigenvalue weighted by Crippen LogP contribution is -2.46. The van der Waals surface area contributed by atoms with Gasteiger partial charge in [-0.25, -0.2) is 9.59 Å². The maximum atomic E-state index is 12.2. The van der Waals surface area contributed by atoms with Crippen LogP contribution in [0.4, 0.5) is 4.79 Å². The first kappa shape index (κ1) is 13.3. The summed E-state index contributed by atoms with van der Waals surface area (Å²) >= 11 is 0. The summed E-state index contributed by atoms with van der Waals surface area (Å²) in [4.78, 5) is 30.2. The van der Waals surface area contributed by atoms with Crippen molar-refractivity contribution in [2.75, 3.05) is 13.6 Å². The Labute approximate surface area is 111 Å². The van der Waals surface area contributed by atoms with Gasteiger partial charge in [0, 0.05) is 32.5 Å². The van der Waals surface area contributed by atoms with Crippen molar-refractivity contribution in [2.24, 2.45) is 0 Å². The first-order chi connectivity index (χ1) is 9.09. The Bertz CT molecular complexity index is 463. The van der Waals surface area contributed by atoms with E-state index in [1.54, 1.807) is 19.4 Å². The van der Waals surface area contributed by atoms with E-state index in [2.05, 4.69) is 4.98 Å². The van der Waals surface area contributed by atoms with Gasteiger partial charge in [-0.15, -0.1) is 0 Å². The number of hydrogen-bond acceptors (Lipinski definition) is 3. The zero-order valence-corrected chi connectivity index (χ0v) is 10.8. The highest BCUT2D eigenvalue weighted by molar-refractivity contribution is 5.83. The Morgan fingerprint density at radius 3 is 2.79 bits per heavy atom. The average molecular weight is 263 g/mol. The summed E-state index contributed by atoms with van der Waals surface area (Å²) in [6.07, 6.45) is 4.61. The fourth-order valence-electron chi connectivity index (χ4n) is 2.30. The van der Waals surface area contributed by atoms with Crippen LogP contribution in [0.25, 0.3) is 0 Å². The lowest BCUT2D eigenvalue weighted by molar-refractivity contribution is -0.141. The summed E-state index contributed by atoms with van der Waals surface area (Å²) in [5, 5.41) is 9.08. The summed E-state index contributed by atoms with van der Waals surface area (Å²) in [6.45, 7) is 0.959. The van der Waals surface area contributed by atoms with E-state index in [1.807, 2.05) is 12.1 Å². The quantitative estimate of drug-likeness (QED) is 0.888. The third-order valence-electron chi connectivity index (χ3n) is 3.28. The largest absolute Gasteiger partial charge is 0.480 e. The molecule has 6 nitrogen and oxygen atoms in total. The van der Waals surface area contributed by atoms with Gasteiger partial charge in [-0.3, -0.25) is 4.98 Å². The number of carboxylic acids is 1. The molecule has 0 bridgehead atoms. The van der Waals surface area contributed by atoms with E-state index in [0.717, 1.165) is 12.0 Å². The lowest BCUT2D eigenvalue weighted by Gasteiger charge is -2.27. The van der Waals surface area contributed by atoms with Crippen LogP contribution in [0.1, 0.15) is 18.4 Å². The third-order valence-corrected chi connectivity index (χ3v) is 3.28. The van der Waals surface area contributed by atoms with E-state index in [0.29, 0.717) is 19.5 Å². The van der Waals surface area contributed by atoms with Gasteiger partial charge in [0.05, 0.1) is 0 Å². The Hall–Kier alpha value is -2.11. The first-order valence-electron chi connectivity index (χ1n) is 6.23. The summed E-state index contributed by atoms with van der Waals surface area (Å²) in [5.41, 5.74) is 0.969.